The molecule has 1 aliphatic heterocycles. The van der Waals surface area contributed by atoms with E-state index in [0.717, 1.165) is 11.3 Å². The second kappa shape index (κ2) is 11.4. The number of aromatic carboxylic acids is 1. The van der Waals surface area contributed by atoms with Crippen LogP contribution in [0.25, 0.3) is 17.0 Å². The summed E-state index contributed by atoms with van der Waals surface area (Å²) < 4.78 is 7.62. The van der Waals surface area contributed by atoms with E-state index >= 15 is 0 Å². The Kier molecular flexibility index (Phi) is 7.24. The number of rotatable bonds is 7. The number of furan rings is 1. The van der Waals surface area contributed by atoms with Crippen LogP contribution in [0.1, 0.15) is 26.9 Å². The zero-order valence-electron chi connectivity index (χ0n) is 22.7. The van der Waals surface area contributed by atoms with Crippen molar-refractivity contribution in [2.24, 2.45) is 10.9 Å². The molecule has 6 rings (SSSR count). The van der Waals surface area contributed by atoms with Gasteiger partial charge in [-0.05, 0) is 36.4 Å². The van der Waals surface area contributed by atoms with Gasteiger partial charge in [-0.3, -0.25) is 29.6 Å². The molecule has 0 aliphatic carbocycles. The topological polar surface area (TPSA) is 207 Å². The number of benzene rings is 3. The first-order chi connectivity index (χ1) is 21.6. The number of aromatic nitrogens is 1. The Labute approximate surface area is 256 Å². The van der Waals surface area contributed by atoms with Crippen LogP contribution in [0.3, 0.4) is 0 Å². The minimum atomic E-state index is -1.23. The molecule has 2 N–H and O–H groups in total. The van der Waals surface area contributed by atoms with E-state index in [1.807, 2.05) is 6.07 Å². The van der Waals surface area contributed by atoms with Crippen LogP contribution in [-0.2, 0) is 4.79 Å². The molecule has 2 aromatic heterocycles. The largest absolute Gasteiger partial charge is 0.478 e. The third kappa shape index (κ3) is 5.32. The maximum absolute atomic E-state index is 13.3. The molecule has 1 aliphatic rings. The number of nitrogens with zero attached hydrogens (tertiary/aromatic N) is 5. The standard InChI is InChI=1S/C30H18N6O8S/c31-15-22-25(24-12-11-23(44-24)16-7-9-17(10-8-16)29(38)39)26-27(33-28(22)37)34(19-4-2-6-21(14-19)36(42)43)30(45-26)32-18-3-1-5-20(13-18)35(40)41/h1-14,22,25H,(H,33,37)(H,38,39). The lowest BCUT2D eigenvalue weighted by Gasteiger charge is -2.26. The van der Waals surface area contributed by atoms with Gasteiger partial charge in [-0.1, -0.05) is 35.6 Å². The monoisotopic (exact) mass is 622 g/mol. The first-order valence-electron chi connectivity index (χ1n) is 13.1. The average molecular weight is 623 g/mol. The van der Waals surface area contributed by atoms with Crippen LogP contribution >= 0.6 is 11.3 Å². The van der Waals surface area contributed by atoms with E-state index in [0.29, 0.717) is 16.2 Å². The summed E-state index contributed by atoms with van der Waals surface area (Å²) in [6, 6.07) is 22.5. The predicted molar refractivity (Wildman–Crippen MR) is 159 cm³/mol. The van der Waals surface area contributed by atoms with Crippen molar-refractivity contribution in [3.05, 3.63) is 126 Å². The van der Waals surface area contributed by atoms with E-state index in [1.54, 1.807) is 36.4 Å². The summed E-state index contributed by atoms with van der Waals surface area (Å²) in [4.78, 5) is 51.7. The molecule has 3 aromatic carbocycles. The van der Waals surface area contributed by atoms with Crippen molar-refractivity contribution in [1.82, 2.24) is 4.57 Å². The van der Waals surface area contributed by atoms with Crippen molar-refractivity contribution in [1.29, 1.82) is 5.26 Å². The Morgan fingerprint density at radius 3 is 2.36 bits per heavy atom. The lowest BCUT2D eigenvalue weighted by Crippen LogP contribution is -2.33. The molecule has 0 radical (unpaired) electrons. The highest BCUT2D eigenvalue weighted by atomic mass is 32.1. The molecule has 3 heterocycles. The molecule has 0 saturated heterocycles. The summed E-state index contributed by atoms with van der Waals surface area (Å²) in [6.45, 7) is 0. The zero-order valence-corrected chi connectivity index (χ0v) is 23.5. The smallest absolute Gasteiger partial charge is 0.335 e. The first kappa shape index (κ1) is 28.7. The van der Waals surface area contributed by atoms with Crippen LogP contribution < -0.4 is 10.1 Å². The molecular formula is C30H18N6O8S. The van der Waals surface area contributed by atoms with Crippen molar-refractivity contribution in [2.45, 2.75) is 5.92 Å². The van der Waals surface area contributed by atoms with Gasteiger partial charge in [0.25, 0.3) is 11.4 Å². The van der Waals surface area contributed by atoms with Crippen molar-refractivity contribution in [2.75, 3.05) is 5.32 Å². The lowest BCUT2D eigenvalue weighted by atomic mass is 9.86. The summed E-state index contributed by atoms with van der Waals surface area (Å²) in [6.07, 6.45) is 0. The molecule has 222 valence electrons. The molecule has 0 fully saturated rings. The SMILES string of the molecule is N#CC1C(=O)Nc2c(sc(=Nc3cccc([N+](=O)[O-])c3)n2-c2cccc([N+](=O)[O-])c2)C1c1ccc(-c2ccc(C(=O)O)cc2)o1. The van der Waals surface area contributed by atoms with Gasteiger partial charge in [0, 0.05) is 29.8 Å². The zero-order chi connectivity index (χ0) is 31.8. The van der Waals surface area contributed by atoms with Gasteiger partial charge in [-0.2, -0.15) is 5.26 Å². The minimum absolute atomic E-state index is 0.0907. The molecule has 0 saturated carbocycles. The highest BCUT2D eigenvalue weighted by molar-refractivity contribution is 7.10. The van der Waals surface area contributed by atoms with Crippen LogP contribution in [0, 0.1) is 37.5 Å². The van der Waals surface area contributed by atoms with Crippen molar-refractivity contribution >= 4 is 46.1 Å². The molecule has 0 spiro atoms. The molecule has 2 unspecified atom stereocenters. The number of hydrogen-bond acceptors (Lipinski definition) is 10. The molecule has 2 atom stereocenters. The summed E-state index contributed by atoms with van der Waals surface area (Å²) >= 11 is 1.08. The fraction of sp³-hybridized carbons (Fsp3) is 0.0667. The van der Waals surface area contributed by atoms with Gasteiger partial charge in [0.15, 0.2) is 4.80 Å². The summed E-state index contributed by atoms with van der Waals surface area (Å²) in [5.74, 6) is -3.03. The van der Waals surface area contributed by atoms with Crippen LogP contribution in [0.2, 0.25) is 0 Å². The Bertz CT molecular complexity index is 2140. The van der Waals surface area contributed by atoms with Crippen LogP contribution in [0.4, 0.5) is 22.9 Å². The third-order valence-electron chi connectivity index (χ3n) is 7.04. The number of nitro benzene ring substituents is 2. The maximum Gasteiger partial charge on any atom is 0.335 e. The highest BCUT2D eigenvalue weighted by Crippen LogP contribution is 2.44. The van der Waals surface area contributed by atoms with Crippen LogP contribution in [-0.4, -0.2) is 31.4 Å². The van der Waals surface area contributed by atoms with Crippen molar-refractivity contribution < 1.29 is 29.0 Å². The molecule has 1 amide bonds. The van der Waals surface area contributed by atoms with Crippen molar-refractivity contribution in [3.8, 4) is 23.1 Å². The number of carboxylic acid groups (broad SMARTS) is 1. The molecule has 5 aromatic rings. The van der Waals surface area contributed by atoms with E-state index in [4.69, 9.17) is 4.42 Å². The van der Waals surface area contributed by atoms with Gasteiger partial charge in [-0.15, -0.1) is 0 Å². The van der Waals surface area contributed by atoms with Gasteiger partial charge in [0.2, 0.25) is 5.91 Å². The number of nitrogens with one attached hydrogen (secondary N) is 1. The molecule has 15 heteroatoms. The number of fused-ring (bicyclic) bond motifs is 1. The van der Waals surface area contributed by atoms with E-state index in [2.05, 4.69) is 10.3 Å². The number of nitriles is 1. The van der Waals surface area contributed by atoms with E-state index in [-0.39, 0.29) is 44.7 Å². The van der Waals surface area contributed by atoms with Gasteiger partial charge in [0.1, 0.15) is 23.3 Å². The van der Waals surface area contributed by atoms with Crippen LogP contribution in [0.5, 0.6) is 0 Å². The average Bonchev–Trinajstić information content (AvgIpc) is 3.65. The number of thiazole rings is 1. The second-order valence-electron chi connectivity index (χ2n) is 9.76. The first-order valence-corrected chi connectivity index (χ1v) is 13.9. The number of nitro groups is 2. The number of hydrogen-bond donors (Lipinski definition) is 2. The summed E-state index contributed by atoms with van der Waals surface area (Å²) in [7, 11) is 0. The molecule has 45 heavy (non-hydrogen) atoms. The number of non-ortho nitro benzene ring substituents is 2. The maximum atomic E-state index is 13.3. The number of anilines is 1. The van der Waals surface area contributed by atoms with Crippen molar-refractivity contribution in [3.63, 3.8) is 0 Å². The summed E-state index contributed by atoms with van der Waals surface area (Å²) in [5.41, 5.74) is 0.729. The predicted octanol–water partition coefficient (Wildman–Crippen LogP) is 5.77. The second-order valence-corrected chi connectivity index (χ2v) is 10.8. The molecular weight excluding hydrogens is 604 g/mol. The van der Waals surface area contributed by atoms with E-state index in [9.17, 15) is 40.2 Å². The Morgan fingerprint density at radius 2 is 1.69 bits per heavy atom. The number of carbonyl (C=O) groups excluding carboxylic acids is 1. The van der Waals surface area contributed by atoms with E-state index < -0.39 is 33.6 Å². The molecule has 14 nitrogen and oxygen atoms in total. The quantitative estimate of drug-likeness (QED) is 0.167. The normalized spacial score (nSPS) is 16.0. The summed E-state index contributed by atoms with van der Waals surface area (Å²) in [5, 5.41) is 45.0. The molecule has 0 bridgehead atoms. The van der Waals surface area contributed by atoms with Gasteiger partial charge >= 0.3 is 5.97 Å². The highest BCUT2D eigenvalue weighted by Gasteiger charge is 2.42. The van der Waals surface area contributed by atoms with E-state index in [1.165, 1.54) is 53.1 Å². The van der Waals surface area contributed by atoms with Gasteiger partial charge < -0.3 is 14.8 Å². The Morgan fingerprint density at radius 1 is 1.00 bits per heavy atom. The van der Waals surface area contributed by atoms with Gasteiger partial charge in [-0.25, -0.2) is 9.79 Å². The fourth-order valence-corrected chi connectivity index (χ4v) is 6.20. The number of amides is 1. The number of carbonyl (C=O) groups is 2. The Balaban J connectivity index is 1.56. The number of carboxylic acids is 1. The minimum Gasteiger partial charge on any atom is -0.478 e. The van der Waals surface area contributed by atoms with Crippen LogP contribution in [0.15, 0.2) is 94.3 Å². The fourth-order valence-electron chi connectivity index (χ4n) is 4.95. The Hall–Kier alpha value is -6.40. The van der Waals surface area contributed by atoms with Gasteiger partial charge in [0.05, 0.1) is 43.6 Å². The lowest BCUT2D eigenvalue weighted by molar-refractivity contribution is -0.385. The third-order valence-corrected chi connectivity index (χ3v) is 8.17.